The number of amides is 1. The molecule has 1 aliphatic carbocycles. The van der Waals surface area contributed by atoms with Gasteiger partial charge in [0.25, 0.3) is 0 Å². The van der Waals surface area contributed by atoms with Crippen molar-refractivity contribution in [1.82, 2.24) is 5.32 Å². The predicted octanol–water partition coefficient (Wildman–Crippen LogP) is 3.29. The van der Waals surface area contributed by atoms with Gasteiger partial charge in [0.05, 0.1) is 13.0 Å². The van der Waals surface area contributed by atoms with Crippen LogP contribution in [0.25, 0.3) is 0 Å². The average molecular weight is 279 g/mol. The van der Waals surface area contributed by atoms with Crippen LogP contribution >= 0.6 is 0 Å². The quantitative estimate of drug-likeness (QED) is 0.898. The first-order valence-electron chi connectivity index (χ1n) is 7.13. The third-order valence-electron chi connectivity index (χ3n) is 3.76. The summed E-state index contributed by atoms with van der Waals surface area (Å²) in [5, 5.41) is 3.02. The Morgan fingerprint density at radius 3 is 2.85 bits per heavy atom. The molecule has 1 saturated carbocycles. The molecule has 3 nitrogen and oxygen atoms in total. The second-order valence-electron chi connectivity index (χ2n) is 6.20. The Balaban J connectivity index is 1.70. The van der Waals surface area contributed by atoms with Gasteiger partial charge in [-0.2, -0.15) is 0 Å². The summed E-state index contributed by atoms with van der Waals surface area (Å²) < 4.78 is 18.6. The number of hydrogen-bond donors (Lipinski definition) is 1. The molecular weight excluding hydrogens is 257 g/mol. The third-order valence-corrected chi connectivity index (χ3v) is 3.76. The fraction of sp³-hybridized carbons (Fsp3) is 0.562. The van der Waals surface area contributed by atoms with Gasteiger partial charge in [-0.05, 0) is 36.8 Å². The van der Waals surface area contributed by atoms with Gasteiger partial charge in [0.2, 0.25) is 5.91 Å². The molecule has 110 valence electrons. The van der Waals surface area contributed by atoms with Gasteiger partial charge in [0.1, 0.15) is 0 Å². The summed E-state index contributed by atoms with van der Waals surface area (Å²) in [4.78, 5) is 11.8. The van der Waals surface area contributed by atoms with Gasteiger partial charge >= 0.3 is 0 Å². The van der Waals surface area contributed by atoms with E-state index in [0.29, 0.717) is 5.41 Å². The number of halogens is 1. The monoisotopic (exact) mass is 279 g/mol. The SMILES string of the molecule is CC1(C)CCC(NC(=O)CCOc2ccccc2F)C1. The molecule has 0 radical (unpaired) electrons. The average Bonchev–Trinajstić information content (AvgIpc) is 2.71. The minimum absolute atomic E-state index is 0.0240. The molecule has 1 aromatic carbocycles. The van der Waals surface area contributed by atoms with Gasteiger partial charge in [0.15, 0.2) is 11.6 Å². The molecule has 1 unspecified atom stereocenters. The van der Waals surface area contributed by atoms with Gasteiger partial charge in [-0.1, -0.05) is 26.0 Å². The van der Waals surface area contributed by atoms with Crippen molar-refractivity contribution in [2.75, 3.05) is 6.61 Å². The molecule has 0 saturated heterocycles. The van der Waals surface area contributed by atoms with Crippen molar-refractivity contribution in [2.24, 2.45) is 5.41 Å². The number of hydrogen-bond acceptors (Lipinski definition) is 2. The van der Waals surface area contributed by atoms with Crippen molar-refractivity contribution >= 4 is 5.91 Å². The summed E-state index contributed by atoms with van der Waals surface area (Å²) in [5.74, 6) is -0.225. The lowest BCUT2D eigenvalue weighted by Gasteiger charge is -2.17. The van der Waals surface area contributed by atoms with E-state index < -0.39 is 5.82 Å². The van der Waals surface area contributed by atoms with E-state index in [9.17, 15) is 9.18 Å². The molecule has 0 spiro atoms. The minimum Gasteiger partial charge on any atom is -0.490 e. The Kier molecular flexibility index (Phi) is 4.63. The van der Waals surface area contributed by atoms with Crippen LogP contribution in [0, 0.1) is 11.2 Å². The van der Waals surface area contributed by atoms with Crippen LogP contribution in [-0.4, -0.2) is 18.6 Å². The van der Waals surface area contributed by atoms with Crippen LogP contribution in [0.3, 0.4) is 0 Å². The topological polar surface area (TPSA) is 38.3 Å². The smallest absolute Gasteiger partial charge is 0.223 e. The van der Waals surface area contributed by atoms with Crippen molar-refractivity contribution in [3.63, 3.8) is 0 Å². The fourth-order valence-electron chi connectivity index (χ4n) is 2.67. The van der Waals surface area contributed by atoms with Gasteiger partial charge < -0.3 is 10.1 Å². The maximum Gasteiger partial charge on any atom is 0.223 e. The van der Waals surface area contributed by atoms with E-state index >= 15 is 0 Å². The van der Waals surface area contributed by atoms with Crippen LogP contribution in [0.15, 0.2) is 24.3 Å². The van der Waals surface area contributed by atoms with Crippen molar-refractivity contribution in [1.29, 1.82) is 0 Å². The number of carbonyl (C=O) groups excluding carboxylic acids is 1. The molecule has 0 bridgehead atoms. The summed E-state index contributed by atoms with van der Waals surface area (Å²) in [7, 11) is 0. The van der Waals surface area contributed by atoms with E-state index in [2.05, 4.69) is 19.2 Å². The van der Waals surface area contributed by atoms with E-state index in [1.54, 1.807) is 18.2 Å². The van der Waals surface area contributed by atoms with Crippen molar-refractivity contribution < 1.29 is 13.9 Å². The highest BCUT2D eigenvalue weighted by molar-refractivity contribution is 5.76. The maximum absolute atomic E-state index is 13.3. The highest BCUT2D eigenvalue weighted by Gasteiger charge is 2.31. The Labute approximate surface area is 119 Å². The molecule has 1 atom stereocenters. The van der Waals surface area contributed by atoms with Gasteiger partial charge in [-0.25, -0.2) is 4.39 Å². The van der Waals surface area contributed by atoms with Crippen LogP contribution in [-0.2, 0) is 4.79 Å². The minimum atomic E-state index is -0.398. The largest absolute Gasteiger partial charge is 0.490 e. The molecule has 2 rings (SSSR count). The van der Waals surface area contributed by atoms with E-state index in [1.165, 1.54) is 6.07 Å². The lowest BCUT2D eigenvalue weighted by atomic mass is 9.92. The lowest BCUT2D eigenvalue weighted by molar-refractivity contribution is -0.122. The number of ether oxygens (including phenoxy) is 1. The summed E-state index contributed by atoms with van der Waals surface area (Å²) in [5.41, 5.74) is 0.321. The summed E-state index contributed by atoms with van der Waals surface area (Å²) in [6.45, 7) is 4.64. The van der Waals surface area contributed by atoms with Gasteiger partial charge in [-0.15, -0.1) is 0 Å². The van der Waals surface area contributed by atoms with Crippen LogP contribution in [0.1, 0.15) is 39.5 Å². The van der Waals surface area contributed by atoms with Crippen LogP contribution in [0.4, 0.5) is 4.39 Å². The number of carbonyl (C=O) groups is 1. The highest BCUT2D eigenvalue weighted by Crippen LogP contribution is 2.36. The standard InChI is InChI=1S/C16H22FNO2/c1-16(2)9-7-12(11-16)18-15(19)8-10-20-14-6-4-3-5-13(14)17/h3-6,12H,7-11H2,1-2H3,(H,18,19). The predicted molar refractivity (Wildman–Crippen MR) is 76.1 cm³/mol. The number of rotatable bonds is 5. The number of para-hydroxylation sites is 1. The van der Waals surface area contributed by atoms with E-state index in [1.807, 2.05) is 0 Å². The van der Waals surface area contributed by atoms with Crippen LogP contribution in [0.2, 0.25) is 0 Å². The van der Waals surface area contributed by atoms with E-state index in [0.717, 1.165) is 19.3 Å². The number of nitrogens with one attached hydrogen (secondary N) is 1. The zero-order valence-electron chi connectivity index (χ0n) is 12.1. The molecule has 1 fully saturated rings. The number of benzene rings is 1. The maximum atomic E-state index is 13.3. The highest BCUT2D eigenvalue weighted by atomic mass is 19.1. The van der Waals surface area contributed by atoms with Gasteiger partial charge in [0, 0.05) is 6.04 Å². The van der Waals surface area contributed by atoms with E-state index in [-0.39, 0.29) is 30.7 Å². The molecule has 1 N–H and O–H groups in total. The fourth-order valence-corrected chi connectivity index (χ4v) is 2.67. The van der Waals surface area contributed by atoms with E-state index in [4.69, 9.17) is 4.74 Å². The molecular formula is C16H22FNO2. The molecule has 1 amide bonds. The third kappa shape index (κ3) is 4.22. The molecule has 0 aliphatic heterocycles. The molecule has 1 aliphatic rings. The Bertz CT molecular complexity index is 473. The van der Waals surface area contributed by atoms with Crippen LogP contribution in [0.5, 0.6) is 5.75 Å². The molecule has 20 heavy (non-hydrogen) atoms. The van der Waals surface area contributed by atoms with Crippen molar-refractivity contribution in [2.45, 2.75) is 45.6 Å². The van der Waals surface area contributed by atoms with Gasteiger partial charge in [-0.3, -0.25) is 4.79 Å². The summed E-state index contributed by atoms with van der Waals surface area (Å²) in [6.07, 6.45) is 3.45. The molecule has 1 aromatic rings. The zero-order valence-corrected chi connectivity index (χ0v) is 12.1. The second-order valence-corrected chi connectivity index (χ2v) is 6.20. The summed E-state index contributed by atoms with van der Waals surface area (Å²) >= 11 is 0. The molecule has 4 heteroatoms. The molecule has 0 aromatic heterocycles. The Morgan fingerprint density at radius 2 is 2.20 bits per heavy atom. The summed E-state index contributed by atoms with van der Waals surface area (Å²) in [6, 6.07) is 6.49. The zero-order chi connectivity index (χ0) is 14.6. The first kappa shape index (κ1) is 14.8. The van der Waals surface area contributed by atoms with Crippen LogP contribution < -0.4 is 10.1 Å². The Morgan fingerprint density at radius 1 is 1.45 bits per heavy atom. The second kappa shape index (κ2) is 6.25. The van der Waals surface area contributed by atoms with Crippen molar-refractivity contribution in [3.8, 4) is 5.75 Å². The van der Waals surface area contributed by atoms with Crippen molar-refractivity contribution in [3.05, 3.63) is 30.1 Å². The Hall–Kier alpha value is -1.58. The normalized spacial score (nSPS) is 20.6. The molecule has 0 heterocycles. The lowest BCUT2D eigenvalue weighted by Crippen LogP contribution is -2.34. The first-order valence-corrected chi connectivity index (χ1v) is 7.13. The first-order chi connectivity index (χ1) is 9.46.